The fourth-order valence-electron chi connectivity index (χ4n) is 2.83. The molecule has 1 aliphatic rings. The molecule has 3 rings (SSSR count). The van der Waals surface area contributed by atoms with Crippen LogP contribution in [0, 0.1) is 10.1 Å². The number of hydrogen-bond donors (Lipinski definition) is 2. The Morgan fingerprint density at radius 1 is 1.48 bits per heavy atom. The number of nitrogens with zero attached hydrogens (tertiary/aromatic N) is 3. The van der Waals surface area contributed by atoms with Gasteiger partial charge in [-0.15, -0.1) is 0 Å². The van der Waals surface area contributed by atoms with Crippen LogP contribution in [0.4, 0.5) is 11.4 Å². The Balaban J connectivity index is 2.20. The molecule has 110 valence electrons. The molecule has 7 heteroatoms. The van der Waals surface area contributed by atoms with E-state index in [4.69, 9.17) is 5.11 Å². The second-order valence-electron chi connectivity index (χ2n) is 5.32. The van der Waals surface area contributed by atoms with E-state index in [1.54, 1.807) is 4.68 Å². The van der Waals surface area contributed by atoms with Gasteiger partial charge in [0.1, 0.15) is 11.9 Å². The molecule has 7 nitrogen and oxygen atoms in total. The molecular weight excluding hydrogens is 272 g/mol. The van der Waals surface area contributed by atoms with Gasteiger partial charge in [0.15, 0.2) is 5.69 Å². The summed E-state index contributed by atoms with van der Waals surface area (Å²) in [6.45, 7) is 2.00. The molecule has 2 aromatic rings. The van der Waals surface area contributed by atoms with Gasteiger partial charge in [-0.3, -0.25) is 10.1 Å². The van der Waals surface area contributed by atoms with Crippen LogP contribution in [0.2, 0.25) is 0 Å². The van der Waals surface area contributed by atoms with Crippen LogP contribution in [-0.2, 0) is 5.66 Å². The lowest BCUT2D eigenvalue weighted by Crippen LogP contribution is -2.42. The lowest BCUT2D eigenvalue weighted by molar-refractivity contribution is -0.384. The minimum absolute atomic E-state index is 0.000765. The first kappa shape index (κ1) is 13.6. The molecule has 0 saturated carbocycles. The maximum absolute atomic E-state index is 11.3. The van der Waals surface area contributed by atoms with Crippen molar-refractivity contribution in [2.45, 2.75) is 25.4 Å². The molecule has 0 amide bonds. The van der Waals surface area contributed by atoms with Crippen LogP contribution in [0.25, 0.3) is 11.3 Å². The van der Waals surface area contributed by atoms with Crippen molar-refractivity contribution >= 4 is 11.4 Å². The van der Waals surface area contributed by atoms with Gasteiger partial charge in [-0.2, -0.15) is 5.10 Å². The number of hydrogen-bond acceptors (Lipinski definition) is 5. The average molecular weight is 288 g/mol. The first-order valence-electron chi connectivity index (χ1n) is 6.78. The number of rotatable bonds is 4. The van der Waals surface area contributed by atoms with E-state index in [1.165, 1.54) is 6.20 Å². The van der Waals surface area contributed by atoms with E-state index in [0.29, 0.717) is 18.5 Å². The molecule has 0 fully saturated rings. The van der Waals surface area contributed by atoms with E-state index in [1.807, 2.05) is 31.2 Å². The zero-order chi connectivity index (χ0) is 15.0. The lowest BCUT2D eigenvalue weighted by Gasteiger charge is -2.37. The standard InChI is InChI=1S/C14H16N4O3/c1-14(7-4-8-19)16-11-6-3-2-5-10(11)13-12(18(20)21)9-15-17(13)14/h2-3,5-6,9,16,19H,4,7-8H2,1H3. The molecule has 2 heterocycles. The van der Waals surface area contributed by atoms with Gasteiger partial charge < -0.3 is 10.4 Å². The molecule has 1 atom stereocenters. The van der Waals surface area contributed by atoms with Gasteiger partial charge in [-0.1, -0.05) is 18.2 Å². The molecule has 21 heavy (non-hydrogen) atoms. The van der Waals surface area contributed by atoms with E-state index in [2.05, 4.69) is 10.4 Å². The summed E-state index contributed by atoms with van der Waals surface area (Å²) in [7, 11) is 0. The third kappa shape index (κ3) is 2.06. The van der Waals surface area contributed by atoms with Crippen LogP contribution in [0.3, 0.4) is 0 Å². The summed E-state index contributed by atoms with van der Waals surface area (Å²) in [5, 5.41) is 27.9. The fourth-order valence-corrected chi connectivity index (χ4v) is 2.83. The predicted octanol–water partition coefficient (Wildman–Crippen LogP) is 2.33. The van der Waals surface area contributed by atoms with Gasteiger partial charge in [0.25, 0.3) is 0 Å². The summed E-state index contributed by atoms with van der Waals surface area (Å²) in [4.78, 5) is 10.9. The second-order valence-corrected chi connectivity index (χ2v) is 5.32. The van der Waals surface area contributed by atoms with Crippen molar-refractivity contribution in [3.05, 3.63) is 40.6 Å². The maximum atomic E-state index is 11.3. The molecular formula is C14H16N4O3. The number of nitrogens with one attached hydrogen (secondary N) is 1. The Labute approximate surface area is 121 Å². The van der Waals surface area contributed by atoms with E-state index in [9.17, 15) is 10.1 Å². The summed E-state index contributed by atoms with van der Waals surface area (Å²) >= 11 is 0. The molecule has 1 aromatic heterocycles. The number of anilines is 1. The molecule has 0 aliphatic carbocycles. The molecule has 0 saturated heterocycles. The summed E-state index contributed by atoms with van der Waals surface area (Å²) in [6, 6.07) is 7.47. The van der Waals surface area contributed by atoms with Crippen molar-refractivity contribution in [3.8, 4) is 11.3 Å². The molecule has 1 aliphatic heterocycles. The fraction of sp³-hybridized carbons (Fsp3) is 0.357. The Morgan fingerprint density at radius 3 is 2.95 bits per heavy atom. The average Bonchev–Trinajstić information content (AvgIpc) is 2.92. The first-order valence-corrected chi connectivity index (χ1v) is 6.78. The van der Waals surface area contributed by atoms with Crippen LogP contribution in [-0.4, -0.2) is 26.4 Å². The van der Waals surface area contributed by atoms with Crippen LogP contribution in [0.15, 0.2) is 30.5 Å². The number of para-hydroxylation sites is 1. The normalized spacial score (nSPS) is 19.5. The zero-order valence-corrected chi connectivity index (χ0v) is 11.6. The van der Waals surface area contributed by atoms with Gasteiger partial charge in [0, 0.05) is 17.9 Å². The number of nitro groups is 1. The monoisotopic (exact) mass is 288 g/mol. The summed E-state index contributed by atoms with van der Waals surface area (Å²) in [5.74, 6) is 0. The Morgan fingerprint density at radius 2 is 2.24 bits per heavy atom. The smallest absolute Gasteiger partial charge is 0.315 e. The molecule has 1 aromatic carbocycles. The quantitative estimate of drug-likeness (QED) is 0.665. The van der Waals surface area contributed by atoms with Crippen molar-refractivity contribution < 1.29 is 10.0 Å². The summed E-state index contributed by atoms with van der Waals surface area (Å²) < 4.78 is 1.66. The van der Waals surface area contributed by atoms with Gasteiger partial charge in [-0.25, -0.2) is 4.68 Å². The largest absolute Gasteiger partial charge is 0.396 e. The Hall–Kier alpha value is -2.41. The van der Waals surface area contributed by atoms with Crippen molar-refractivity contribution in [2.24, 2.45) is 0 Å². The van der Waals surface area contributed by atoms with Crippen LogP contribution in [0.5, 0.6) is 0 Å². The summed E-state index contributed by atoms with van der Waals surface area (Å²) in [6.07, 6.45) is 2.48. The number of benzene rings is 1. The van der Waals surface area contributed by atoms with E-state index in [0.717, 1.165) is 11.3 Å². The van der Waals surface area contributed by atoms with Crippen LogP contribution >= 0.6 is 0 Å². The highest BCUT2D eigenvalue weighted by Crippen LogP contribution is 2.43. The summed E-state index contributed by atoms with van der Waals surface area (Å²) in [5.41, 5.74) is 1.52. The highest BCUT2D eigenvalue weighted by molar-refractivity contribution is 5.83. The topological polar surface area (TPSA) is 93.2 Å². The van der Waals surface area contributed by atoms with Crippen LogP contribution < -0.4 is 5.32 Å². The van der Waals surface area contributed by atoms with Gasteiger partial charge >= 0.3 is 5.69 Å². The maximum Gasteiger partial charge on any atom is 0.315 e. The third-order valence-electron chi connectivity index (χ3n) is 3.82. The van der Waals surface area contributed by atoms with E-state index in [-0.39, 0.29) is 12.3 Å². The number of fused-ring (bicyclic) bond motifs is 3. The molecule has 0 radical (unpaired) electrons. The van der Waals surface area contributed by atoms with Gasteiger partial charge in [0.05, 0.1) is 4.92 Å². The number of aliphatic hydroxyl groups excluding tert-OH is 1. The van der Waals surface area contributed by atoms with E-state index < -0.39 is 10.6 Å². The Bertz CT molecular complexity index is 697. The van der Waals surface area contributed by atoms with Crippen molar-refractivity contribution in [1.29, 1.82) is 0 Å². The van der Waals surface area contributed by atoms with E-state index >= 15 is 0 Å². The third-order valence-corrected chi connectivity index (χ3v) is 3.82. The van der Waals surface area contributed by atoms with Crippen molar-refractivity contribution in [1.82, 2.24) is 9.78 Å². The molecule has 1 unspecified atom stereocenters. The lowest BCUT2D eigenvalue weighted by atomic mass is 9.98. The molecule has 0 spiro atoms. The number of aromatic nitrogens is 2. The minimum Gasteiger partial charge on any atom is -0.396 e. The van der Waals surface area contributed by atoms with Crippen molar-refractivity contribution in [2.75, 3.05) is 11.9 Å². The zero-order valence-electron chi connectivity index (χ0n) is 11.6. The van der Waals surface area contributed by atoms with Crippen molar-refractivity contribution in [3.63, 3.8) is 0 Å². The molecule has 2 N–H and O–H groups in total. The SMILES string of the molecule is CC1(CCCO)Nc2ccccc2-c2c([N+](=O)[O-])cnn21. The minimum atomic E-state index is -0.597. The Kier molecular flexibility index (Phi) is 3.13. The first-order chi connectivity index (χ1) is 10.1. The highest BCUT2D eigenvalue weighted by atomic mass is 16.6. The van der Waals surface area contributed by atoms with Gasteiger partial charge in [0.2, 0.25) is 0 Å². The number of aliphatic hydroxyl groups is 1. The van der Waals surface area contributed by atoms with Gasteiger partial charge in [-0.05, 0) is 25.8 Å². The molecule has 0 bridgehead atoms. The second kappa shape index (κ2) is 4.85. The predicted molar refractivity (Wildman–Crippen MR) is 77.9 cm³/mol. The van der Waals surface area contributed by atoms with Crippen LogP contribution in [0.1, 0.15) is 19.8 Å². The highest BCUT2D eigenvalue weighted by Gasteiger charge is 2.38.